The Labute approximate surface area is 196 Å². The van der Waals surface area contributed by atoms with Crippen LogP contribution in [0.15, 0.2) is 54.6 Å². The van der Waals surface area contributed by atoms with Gasteiger partial charge in [-0.15, -0.1) is 11.3 Å². The molecule has 7 heteroatoms. The number of aryl methyl sites for hydroxylation is 1. The number of para-hydroxylation sites is 1. The van der Waals surface area contributed by atoms with E-state index in [9.17, 15) is 4.79 Å². The number of hydrogen-bond acceptors (Lipinski definition) is 4. The van der Waals surface area contributed by atoms with Gasteiger partial charge in [-0.2, -0.15) is 5.10 Å². The molecule has 5 nitrogen and oxygen atoms in total. The SMILES string of the molecule is COc1cccc(C2(C)CCN(C(=O)c3cc4c(C)nn(-c5ccccc5Cl)c4s3)C2)c1. The van der Waals surface area contributed by atoms with Crippen LogP contribution in [-0.2, 0) is 5.41 Å². The molecule has 1 saturated heterocycles. The van der Waals surface area contributed by atoms with Gasteiger partial charge in [-0.3, -0.25) is 4.79 Å². The Kier molecular flexibility index (Phi) is 5.22. The molecule has 1 aliphatic heterocycles. The van der Waals surface area contributed by atoms with Crippen molar-refractivity contribution in [2.75, 3.05) is 20.2 Å². The van der Waals surface area contributed by atoms with Crippen LogP contribution in [0.1, 0.15) is 34.3 Å². The molecule has 1 aliphatic rings. The van der Waals surface area contributed by atoms with Crippen LogP contribution in [0.3, 0.4) is 0 Å². The lowest BCUT2D eigenvalue weighted by Crippen LogP contribution is -2.32. The largest absolute Gasteiger partial charge is 0.497 e. The van der Waals surface area contributed by atoms with Crippen molar-refractivity contribution in [1.82, 2.24) is 14.7 Å². The van der Waals surface area contributed by atoms with Crippen LogP contribution < -0.4 is 4.74 Å². The van der Waals surface area contributed by atoms with E-state index in [1.54, 1.807) is 7.11 Å². The normalized spacial score (nSPS) is 18.4. The van der Waals surface area contributed by atoms with Crippen molar-refractivity contribution in [3.8, 4) is 11.4 Å². The van der Waals surface area contributed by atoms with Gasteiger partial charge in [0.15, 0.2) is 0 Å². The van der Waals surface area contributed by atoms with E-state index in [0.29, 0.717) is 11.6 Å². The summed E-state index contributed by atoms with van der Waals surface area (Å²) in [4.78, 5) is 17.1. The van der Waals surface area contributed by atoms with Crippen molar-refractivity contribution in [2.45, 2.75) is 25.7 Å². The molecule has 2 aromatic heterocycles. The maximum absolute atomic E-state index is 13.4. The number of ether oxygens (including phenoxy) is 1. The van der Waals surface area contributed by atoms with Gasteiger partial charge in [0.2, 0.25) is 0 Å². The Hall–Kier alpha value is -2.83. The van der Waals surface area contributed by atoms with E-state index in [0.717, 1.165) is 45.2 Å². The number of aromatic nitrogens is 2. The zero-order chi connectivity index (χ0) is 22.5. The Morgan fingerprint density at radius 2 is 2.00 bits per heavy atom. The third kappa shape index (κ3) is 3.48. The van der Waals surface area contributed by atoms with Gasteiger partial charge in [-0.05, 0) is 49.2 Å². The van der Waals surface area contributed by atoms with Crippen LogP contribution in [-0.4, -0.2) is 40.8 Å². The number of halogens is 1. The maximum atomic E-state index is 13.4. The highest BCUT2D eigenvalue weighted by atomic mass is 35.5. The van der Waals surface area contributed by atoms with Gasteiger partial charge in [0.05, 0.1) is 28.4 Å². The number of fused-ring (bicyclic) bond motifs is 1. The maximum Gasteiger partial charge on any atom is 0.264 e. The van der Waals surface area contributed by atoms with Gasteiger partial charge in [-0.1, -0.05) is 42.8 Å². The van der Waals surface area contributed by atoms with Gasteiger partial charge in [0.1, 0.15) is 10.6 Å². The second-order valence-electron chi connectivity index (χ2n) is 8.55. The number of likely N-dealkylation sites (tertiary alicyclic amines) is 1. The van der Waals surface area contributed by atoms with Crippen molar-refractivity contribution in [3.05, 3.63) is 75.8 Å². The molecule has 32 heavy (non-hydrogen) atoms. The first-order chi connectivity index (χ1) is 15.4. The number of methoxy groups -OCH3 is 1. The van der Waals surface area contributed by atoms with E-state index >= 15 is 0 Å². The van der Waals surface area contributed by atoms with Crippen molar-refractivity contribution in [1.29, 1.82) is 0 Å². The second-order valence-corrected chi connectivity index (χ2v) is 9.99. The molecule has 4 aromatic rings. The molecule has 0 saturated carbocycles. The van der Waals surface area contributed by atoms with Gasteiger partial charge in [0, 0.05) is 23.9 Å². The number of carbonyl (C=O) groups excluding carboxylic acids is 1. The molecule has 0 bridgehead atoms. The summed E-state index contributed by atoms with van der Waals surface area (Å²) < 4.78 is 7.24. The molecule has 164 valence electrons. The van der Waals surface area contributed by atoms with Crippen molar-refractivity contribution >= 4 is 39.1 Å². The van der Waals surface area contributed by atoms with Crippen LogP contribution >= 0.6 is 22.9 Å². The molecule has 5 rings (SSSR count). The fourth-order valence-electron chi connectivity index (χ4n) is 4.46. The molecule has 1 amide bonds. The Morgan fingerprint density at radius 1 is 1.19 bits per heavy atom. The van der Waals surface area contributed by atoms with Crippen LogP contribution in [0.4, 0.5) is 0 Å². The third-order valence-corrected chi connectivity index (χ3v) is 7.78. The Bertz CT molecular complexity index is 1330. The van der Waals surface area contributed by atoms with Gasteiger partial charge < -0.3 is 9.64 Å². The van der Waals surface area contributed by atoms with Crippen LogP contribution in [0.5, 0.6) is 5.75 Å². The minimum Gasteiger partial charge on any atom is -0.497 e. The fraction of sp³-hybridized carbons (Fsp3) is 0.280. The van der Waals surface area contributed by atoms with E-state index < -0.39 is 0 Å². The predicted octanol–water partition coefficient (Wildman–Crippen LogP) is 5.86. The standard InChI is InChI=1S/C25H24ClN3O2S/c1-16-19-14-22(32-24(19)29(27-16)21-10-5-4-9-20(21)26)23(30)28-12-11-25(2,15-28)17-7-6-8-18(13-17)31-3/h4-10,13-14H,11-12,15H2,1-3H3. The number of benzene rings is 2. The Morgan fingerprint density at radius 3 is 2.78 bits per heavy atom. The number of carbonyl (C=O) groups is 1. The monoisotopic (exact) mass is 465 g/mol. The fourth-order valence-corrected chi connectivity index (χ4v) is 5.82. The lowest BCUT2D eigenvalue weighted by molar-refractivity contribution is 0.0789. The van der Waals surface area contributed by atoms with Crippen LogP contribution in [0, 0.1) is 6.92 Å². The average molecular weight is 466 g/mol. The lowest BCUT2D eigenvalue weighted by Gasteiger charge is -2.25. The summed E-state index contributed by atoms with van der Waals surface area (Å²) in [5.74, 6) is 0.917. The van der Waals surface area contributed by atoms with Crippen LogP contribution in [0.25, 0.3) is 15.9 Å². The molecule has 1 atom stereocenters. The number of rotatable bonds is 4. The molecule has 0 N–H and O–H groups in total. The average Bonchev–Trinajstić information content (AvgIpc) is 3.49. The van der Waals surface area contributed by atoms with E-state index in [2.05, 4.69) is 24.2 Å². The lowest BCUT2D eigenvalue weighted by atomic mass is 9.82. The molecule has 1 unspecified atom stereocenters. The van der Waals surface area contributed by atoms with Crippen molar-refractivity contribution < 1.29 is 9.53 Å². The topological polar surface area (TPSA) is 47.4 Å². The summed E-state index contributed by atoms with van der Waals surface area (Å²) in [7, 11) is 1.68. The van der Waals surface area contributed by atoms with E-state index in [1.165, 1.54) is 16.9 Å². The van der Waals surface area contributed by atoms with Crippen molar-refractivity contribution in [2.24, 2.45) is 0 Å². The number of amides is 1. The highest BCUT2D eigenvalue weighted by molar-refractivity contribution is 7.20. The molecule has 1 fully saturated rings. The molecule has 2 aromatic carbocycles. The van der Waals surface area contributed by atoms with Crippen LogP contribution in [0.2, 0.25) is 5.02 Å². The molecule has 0 radical (unpaired) electrons. The summed E-state index contributed by atoms with van der Waals surface area (Å²) in [6, 6.07) is 17.8. The Balaban J connectivity index is 1.44. The van der Waals surface area contributed by atoms with Gasteiger partial charge in [-0.25, -0.2) is 4.68 Å². The van der Waals surface area contributed by atoms with Gasteiger partial charge >= 0.3 is 0 Å². The quantitative estimate of drug-likeness (QED) is 0.379. The first-order valence-electron chi connectivity index (χ1n) is 10.6. The highest BCUT2D eigenvalue weighted by Gasteiger charge is 2.38. The summed E-state index contributed by atoms with van der Waals surface area (Å²) >= 11 is 7.89. The minimum atomic E-state index is -0.0921. The molecular weight excluding hydrogens is 442 g/mol. The number of hydrogen-bond donors (Lipinski definition) is 0. The summed E-state index contributed by atoms with van der Waals surface area (Å²) in [5, 5.41) is 6.29. The van der Waals surface area contributed by atoms with E-state index in [4.69, 9.17) is 16.3 Å². The van der Waals surface area contributed by atoms with E-state index in [1.807, 2.05) is 59.0 Å². The third-order valence-electron chi connectivity index (χ3n) is 6.36. The summed E-state index contributed by atoms with van der Waals surface area (Å²) in [5.41, 5.74) is 2.82. The molecule has 3 heterocycles. The zero-order valence-corrected chi connectivity index (χ0v) is 19.8. The number of thiophene rings is 1. The number of nitrogens with zero attached hydrogens (tertiary/aromatic N) is 3. The first-order valence-corrected chi connectivity index (χ1v) is 11.8. The van der Waals surface area contributed by atoms with Gasteiger partial charge in [0.25, 0.3) is 5.91 Å². The molecule has 0 spiro atoms. The summed E-state index contributed by atoms with van der Waals surface area (Å²) in [6.07, 6.45) is 0.920. The minimum absolute atomic E-state index is 0.0722. The smallest absolute Gasteiger partial charge is 0.264 e. The summed E-state index contributed by atoms with van der Waals surface area (Å²) in [6.45, 7) is 5.60. The predicted molar refractivity (Wildman–Crippen MR) is 130 cm³/mol. The molecular formula is C25H24ClN3O2S. The van der Waals surface area contributed by atoms with Crippen molar-refractivity contribution in [3.63, 3.8) is 0 Å². The second kappa shape index (κ2) is 7.94. The zero-order valence-electron chi connectivity index (χ0n) is 18.3. The highest BCUT2D eigenvalue weighted by Crippen LogP contribution is 2.38. The molecule has 0 aliphatic carbocycles. The first kappa shape index (κ1) is 21.0. The van der Waals surface area contributed by atoms with E-state index in [-0.39, 0.29) is 11.3 Å².